The molecule has 0 unspecified atom stereocenters. The first-order valence-electron chi connectivity index (χ1n) is 5.67. The Morgan fingerprint density at radius 1 is 1.53 bits per heavy atom. The summed E-state index contributed by atoms with van der Waals surface area (Å²) in [5.74, 6) is 0.740. The van der Waals surface area contributed by atoms with E-state index >= 15 is 0 Å². The number of carbonyl (C=O) groups excluding carboxylic acids is 1. The minimum Gasteiger partial charge on any atom is -0.381 e. The minimum atomic E-state index is 0.0474. The van der Waals surface area contributed by atoms with Gasteiger partial charge in [0.1, 0.15) is 5.82 Å². The second-order valence-corrected chi connectivity index (χ2v) is 5.11. The Hall–Kier alpha value is -0.940. The molecule has 1 N–H and O–H groups in total. The molecule has 1 aliphatic rings. The molecular weight excluding hydrogens is 284 g/mol. The molecule has 0 aliphatic carbocycles. The zero-order chi connectivity index (χ0) is 12.3. The number of ether oxygens (including phenoxy) is 1. The van der Waals surface area contributed by atoms with Crippen molar-refractivity contribution in [2.24, 2.45) is 5.92 Å². The lowest BCUT2D eigenvalue weighted by atomic mass is 9.99. The van der Waals surface area contributed by atoms with Crippen LogP contribution in [-0.2, 0) is 9.53 Å². The van der Waals surface area contributed by atoms with E-state index in [2.05, 4.69) is 26.2 Å². The van der Waals surface area contributed by atoms with Crippen molar-refractivity contribution in [1.82, 2.24) is 4.98 Å². The van der Waals surface area contributed by atoms with Crippen molar-refractivity contribution < 1.29 is 9.53 Å². The molecule has 4 nitrogen and oxygen atoms in total. The Balaban J connectivity index is 2.02. The van der Waals surface area contributed by atoms with Gasteiger partial charge in [-0.1, -0.05) is 0 Å². The standard InChI is InChI=1S/C12H15BrN2O2/c1-8-6-10(13)7-14-11(8)15-12(16)9-2-4-17-5-3-9/h6-7,9H,2-5H2,1H3,(H,14,15,16). The third-order valence-corrected chi connectivity index (χ3v) is 3.31. The summed E-state index contributed by atoms with van der Waals surface area (Å²) >= 11 is 3.35. The number of aryl methyl sites for hydroxylation is 1. The van der Waals surface area contributed by atoms with Crippen LogP contribution in [0.15, 0.2) is 16.7 Å². The lowest BCUT2D eigenvalue weighted by molar-refractivity contribution is -0.122. The van der Waals surface area contributed by atoms with Crippen molar-refractivity contribution >= 4 is 27.7 Å². The number of halogens is 1. The lowest BCUT2D eigenvalue weighted by Crippen LogP contribution is -2.29. The van der Waals surface area contributed by atoms with E-state index in [9.17, 15) is 4.79 Å². The van der Waals surface area contributed by atoms with Crippen LogP contribution in [-0.4, -0.2) is 24.1 Å². The van der Waals surface area contributed by atoms with Gasteiger partial charge in [-0.3, -0.25) is 4.79 Å². The first-order chi connectivity index (χ1) is 8.16. The number of pyridine rings is 1. The number of hydrogen-bond donors (Lipinski definition) is 1. The maximum Gasteiger partial charge on any atom is 0.228 e. The predicted octanol–water partition coefficient (Wildman–Crippen LogP) is 2.52. The van der Waals surface area contributed by atoms with Crippen LogP contribution < -0.4 is 5.32 Å². The fourth-order valence-corrected chi connectivity index (χ4v) is 2.30. The molecule has 0 aromatic carbocycles. The number of aromatic nitrogens is 1. The maximum atomic E-state index is 12.0. The van der Waals surface area contributed by atoms with Crippen molar-refractivity contribution in [3.05, 3.63) is 22.3 Å². The highest BCUT2D eigenvalue weighted by Crippen LogP contribution is 2.20. The highest BCUT2D eigenvalue weighted by molar-refractivity contribution is 9.10. The molecule has 0 spiro atoms. The van der Waals surface area contributed by atoms with E-state index in [-0.39, 0.29) is 11.8 Å². The molecule has 1 aromatic rings. The summed E-state index contributed by atoms with van der Waals surface area (Å²) in [7, 11) is 0. The third-order valence-electron chi connectivity index (χ3n) is 2.88. The number of hydrogen-bond acceptors (Lipinski definition) is 3. The molecule has 5 heteroatoms. The highest BCUT2D eigenvalue weighted by Gasteiger charge is 2.22. The quantitative estimate of drug-likeness (QED) is 0.913. The van der Waals surface area contributed by atoms with Gasteiger partial charge in [0.2, 0.25) is 5.91 Å². The number of amides is 1. The molecule has 17 heavy (non-hydrogen) atoms. The van der Waals surface area contributed by atoms with E-state index in [1.165, 1.54) is 0 Å². The first-order valence-corrected chi connectivity index (χ1v) is 6.47. The number of anilines is 1. The molecule has 2 heterocycles. The summed E-state index contributed by atoms with van der Waals surface area (Å²) in [4.78, 5) is 16.2. The van der Waals surface area contributed by atoms with E-state index in [0.29, 0.717) is 19.0 Å². The average molecular weight is 299 g/mol. The fraction of sp³-hybridized carbons (Fsp3) is 0.500. The molecule has 0 atom stereocenters. The Kier molecular flexibility index (Phi) is 4.12. The van der Waals surface area contributed by atoms with Crippen LogP contribution in [0.2, 0.25) is 0 Å². The van der Waals surface area contributed by atoms with Gasteiger partial charge in [-0.05, 0) is 47.3 Å². The minimum absolute atomic E-state index is 0.0474. The van der Waals surface area contributed by atoms with Gasteiger partial charge in [0.05, 0.1) is 0 Å². The Labute approximate surface area is 109 Å². The summed E-state index contributed by atoms with van der Waals surface area (Å²) in [5.41, 5.74) is 0.958. The molecule has 92 valence electrons. The van der Waals surface area contributed by atoms with Gasteiger partial charge in [0.25, 0.3) is 0 Å². The number of nitrogens with one attached hydrogen (secondary N) is 1. The van der Waals surface area contributed by atoms with Crippen LogP contribution in [0.5, 0.6) is 0 Å². The summed E-state index contributed by atoms with van der Waals surface area (Å²) in [6.45, 7) is 3.27. The van der Waals surface area contributed by atoms with Crippen LogP contribution >= 0.6 is 15.9 Å². The zero-order valence-corrected chi connectivity index (χ0v) is 11.3. The molecule has 0 bridgehead atoms. The smallest absolute Gasteiger partial charge is 0.228 e. The predicted molar refractivity (Wildman–Crippen MR) is 68.8 cm³/mol. The Bertz CT molecular complexity index is 417. The molecule has 1 saturated heterocycles. The van der Waals surface area contributed by atoms with E-state index in [0.717, 1.165) is 22.9 Å². The van der Waals surface area contributed by atoms with Crippen molar-refractivity contribution in [3.8, 4) is 0 Å². The number of rotatable bonds is 2. The number of carbonyl (C=O) groups is 1. The second kappa shape index (κ2) is 5.60. The Morgan fingerprint density at radius 2 is 2.24 bits per heavy atom. The van der Waals surface area contributed by atoms with Crippen LogP contribution in [0.3, 0.4) is 0 Å². The zero-order valence-electron chi connectivity index (χ0n) is 9.70. The van der Waals surface area contributed by atoms with Crippen LogP contribution in [0.1, 0.15) is 18.4 Å². The van der Waals surface area contributed by atoms with Gasteiger partial charge in [-0.2, -0.15) is 0 Å². The third kappa shape index (κ3) is 3.26. The fourth-order valence-electron chi connectivity index (χ4n) is 1.85. The lowest BCUT2D eigenvalue weighted by Gasteiger charge is -2.21. The molecule has 1 aliphatic heterocycles. The summed E-state index contributed by atoms with van der Waals surface area (Å²) in [6.07, 6.45) is 3.27. The maximum absolute atomic E-state index is 12.0. The summed E-state index contributed by atoms with van der Waals surface area (Å²) < 4.78 is 6.15. The second-order valence-electron chi connectivity index (χ2n) is 4.19. The highest BCUT2D eigenvalue weighted by atomic mass is 79.9. The molecule has 2 rings (SSSR count). The number of nitrogens with zero attached hydrogens (tertiary/aromatic N) is 1. The van der Waals surface area contributed by atoms with Gasteiger partial charge < -0.3 is 10.1 Å². The van der Waals surface area contributed by atoms with Crippen molar-refractivity contribution in [2.45, 2.75) is 19.8 Å². The molecular formula is C12H15BrN2O2. The van der Waals surface area contributed by atoms with E-state index in [1.807, 2.05) is 13.0 Å². The molecule has 1 amide bonds. The SMILES string of the molecule is Cc1cc(Br)cnc1NC(=O)C1CCOCC1. The van der Waals surface area contributed by atoms with Crippen LogP contribution in [0, 0.1) is 12.8 Å². The summed E-state index contributed by atoms with van der Waals surface area (Å²) in [6, 6.07) is 1.94. The first kappa shape index (κ1) is 12.5. The molecule has 1 fully saturated rings. The molecule has 0 saturated carbocycles. The van der Waals surface area contributed by atoms with Crippen molar-refractivity contribution in [2.75, 3.05) is 18.5 Å². The molecule has 1 aromatic heterocycles. The van der Waals surface area contributed by atoms with Crippen molar-refractivity contribution in [3.63, 3.8) is 0 Å². The monoisotopic (exact) mass is 298 g/mol. The largest absolute Gasteiger partial charge is 0.381 e. The normalized spacial score (nSPS) is 16.8. The topological polar surface area (TPSA) is 51.2 Å². The van der Waals surface area contributed by atoms with Crippen molar-refractivity contribution in [1.29, 1.82) is 0 Å². The van der Waals surface area contributed by atoms with Gasteiger partial charge in [0, 0.05) is 29.8 Å². The summed E-state index contributed by atoms with van der Waals surface area (Å²) in [5, 5.41) is 2.88. The molecule has 0 radical (unpaired) electrons. The van der Waals surface area contributed by atoms with Gasteiger partial charge in [-0.25, -0.2) is 4.98 Å². The van der Waals surface area contributed by atoms with Gasteiger partial charge in [-0.15, -0.1) is 0 Å². The van der Waals surface area contributed by atoms with Gasteiger partial charge >= 0.3 is 0 Å². The van der Waals surface area contributed by atoms with E-state index in [1.54, 1.807) is 6.20 Å². The van der Waals surface area contributed by atoms with Crippen LogP contribution in [0.25, 0.3) is 0 Å². The van der Waals surface area contributed by atoms with Crippen LogP contribution in [0.4, 0.5) is 5.82 Å². The van der Waals surface area contributed by atoms with E-state index in [4.69, 9.17) is 4.74 Å². The Morgan fingerprint density at radius 3 is 2.88 bits per heavy atom. The average Bonchev–Trinajstić information content (AvgIpc) is 2.34. The van der Waals surface area contributed by atoms with E-state index < -0.39 is 0 Å². The van der Waals surface area contributed by atoms with Gasteiger partial charge in [0.15, 0.2) is 0 Å².